The number of urea groups is 1. The molecule has 5 rings (SSSR count). The van der Waals surface area contributed by atoms with Crippen LogP contribution < -0.4 is 31.9 Å². The van der Waals surface area contributed by atoms with Gasteiger partial charge in [-0.2, -0.15) is 11.8 Å². The lowest BCUT2D eigenvalue weighted by atomic mass is 9.98. The molecular weight excluding hydrogens is 721 g/mol. The van der Waals surface area contributed by atoms with Crippen molar-refractivity contribution in [3.63, 3.8) is 0 Å². The average Bonchev–Trinajstić information content (AvgIpc) is 3.81. The highest BCUT2D eigenvalue weighted by atomic mass is 32.2. The molecule has 2 saturated heterocycles. The number of hydrogen-bond acceptors (Lipinski definition) is 8. The van der Waals surface area contributed by atoms with E-state index in [1.807, 2.05) is 36.0 Å². The Kier molecular flexibility index (Phi) is 15.5. The first kappa shape index (κ1) is 41.7. The molecule has 0 radical (unpaired) electrons. The first-order chi connectivity index (χ1) is 26.5. The molecule has 0 unspecified atom stereocenters. The Bertz CT molecular complexity index is 1590. The molecule has 2 aromatic rings. The molecule has 1 aliphatic carbocycles. The van der Waals surface area contributed by atoms with Crippen LogP contribution in [0.15, 0.2) is 48.5 Å². The van der Waals surface area contributed by atoms with Gasteiger partial charge >= 0.3 is 18.2 Å². The van der Waals surface area contributed by atoms with Crippen LogP contribution in [0.25, 0.3) is 11.1 Å². The summed E-state index contributed by atoms with van der Waals surface area (Å²) in [5, 5.41) is 17.8. The predicted molar refractivity (Wildman–Crippen MR) is 214 cm³/mol. The molecule has 4 atom stereocenters. The minimum atomic E-state index is -0.807. The lowest BCUT2D eigenvalue weighted by Crippen LogP contribution is -2.47. The fraction of sp³-hybridized carbons (Fsp3) is 0.585. The highest BCUT2D eigenvalue weighted by molar-refractivity contribution is 8.00. The third-order valence-corrected chi connectivity index (χ3v) is 11.6. The quantitative estimate of drug-likeness (QED) is 0.0731. The maximum atomic E-state index is 13.3. The Labute approximate surface area is 329 Å². The van der Waals surface area contributed by atoms with Crippen LogP contribution in [0.3, 0.4) is 0 Å². The number of fused-ring (bicyclic) bond motifs is 4. The number of thioether (sulfide) groups is 1. The monoisotopic (exact) mass is 778 g/mol. The largest absolute Gasteiger partial charge is 0.449 e. The summed E-state index contributed by atoms with van der Waals surface area (Å²) in [7, 11) is 0. The molecule has 2 aliphatic heterocycles. The van der Waals surface area contributed by atoms with E-state index in [9.17, 15) is 24.0 Å². The number of unbranched alkanes of at least 4 members (excludes halogenated alkanes) is 4. The van der Waals surface area contributed by atoms with Crippen molar-refractivity contribution >= 4 is 41.8 Å². The molecule has 0 aromatic heterocycles. The van der Waals surface area contributed by atoms with E-state index in [2.05, 4.69) is 56.2 Å². The van der Waals surface area contributed by atoms with Crippen LogP contribution in [0.1, 0.15) is 102 Å². The van der Waals surface area contributed by atoms with Crippen molar-refractivity contribution in [2.45, 2.75) is 120 Å². The van der Waals surface area contributed by atoms with E-state index in [4.69, 9.17) is 9.47 Å². The third kappa shape index (κ3) is 12.8. The highest BCUT2D eigenvalue weighted by Crippen LogP contribution is 2.44. The van der Waals surface area contributed by atoms with E-state index in [0.717, 1.165) is 66.5 Å². The Morgan fingerprint density at radius 1 is 0.800 bits per heavy atom. The molecule has 55 heavy (non-hydrogen) atoms. The third-order valence-electron chi connectivity index (χ3n) is 10.1. The maximum absolute atomic E-state index is 13.3. The van der Waals surface area contributed by atoms with Crippen LogP contribution in [-0.2, 0) is 19.1 Å². The minimum absolute atomic E-state index is 0.0459. The average molecular weight is 779 g/mol. The van der Waals surface area contributed by atoms with Gasteiger partial charge in [0.1, 0.15) is 18.2 Å². The molecule has 3 aliphatic rings. The fourth-order valence-electron chi connectivity index (χ4n) is 7.38. The number of benzene rings is 2. The standard InChI is InChI=1S/C41H58N6O7S/c1-41(2,3)54-39(51)44-24-14-11-19-32(46-40(52)53-25-31-29-17-7-5-15-27(29)28-16-6-8-18-30(28)31)37(49)43-23-13-4-12-22-42-35(48)21-10-9-20-34-36-33(26-55-34)45-38(50)47-36/h5-8,15-18,31-34,36H,4,9-14,19-26H2,1-3H3,(H,42,48)(H,43,49)(H,44,51)(H,46,52)(H2,45,47,50)/t32-,33-,34-,36-/m0/s1. The Morgan fingerprint density at radius 3 is 2.16 bits per heavy atom. The molecule has 300 valence electrons. The summed E-state index contributed by atoms with van der Waals surface area (Å²) in [4.78, 5) is 62.3. The molecule has 0 spiro atoms. The molecule has 0 saturated carbocycles. The van der Waals surface area contributed by atoms with Crippen LogP contribution in [-0.4, -0.2) is 91.0 Å². The fourth-order valence-corrected chi connectivity index (χ4v) is 8.92. The van der Waals surface area contributed by atoms with E-state index < -0.39 is 23.8 Å². The van der Waals surface area contributed by atoms with E-state index in [1.165, 1.54) is 0 Å². The van der Waals surface area contributed by atoms with E-state index >= 15 is 0 Å². The van der Waals surface area contributed by atoms with Crippen molar-refractivity contribution in [3.8, 4) is 11.1 Å². The number of carbonyl (C=O) groups is 5. The van der Waals surface area contributed by atoms with Crippen LogP contribution in [0.2, 0.25) is 0 Å². The van der Waals surface area contributed by atoms with Gasteiger partial charge in [-0.3, -0.25) is 9.59 Å². The molecular formula is C41H58N6O7S. The number of alkyl carbamates (subject to hydrolysis) is 2. The van der Waals surface area contributed by atoms with Crippen LogP contribution >= 0.6 is 11.8 Å². The van der Waals surface area contributed by atoms with Crippen molar-refractivity contribution < 1.29 is 33.4 Å². The van der Waals surface area contributed by atoms with Crippen LogP contribution in [0.5, 0.6) is 0 Å². The summed E-state index contributed by atoms with van der Waals surface area (Å²) in [6.07, 6.45) is 5.97. The molecule has 6 N–H and O–H groups in total. The SMILES string of the molecule is CC(C)(C)OC(=O)NCCCC[C@H](NC(=O)OCC1c2ccccc2-c2ccccc21)C(=O)NCCCCCNC(=O)CCCC[C@@H]1SC[C@@H]2NC(=O)N[C@@H]21. The topological polar surface area (TPSA) is 176 Å². The van der Waals surface area contributed by atoms with Gasteiger partial charge in [-0.05, 0) is 94.4 Å². The zero-order valence-electron chi connectivity index (χ0n) is 32.4. The van der Waals surface area contributed by atoms with Gasteiger partial charge < -0.3 is 41.4 Å². The number of hydrogen-bond donors (Lipinski definition) is 6. The lowest BCUT2D eigenvalue weighted by molar-refractivity contribution is -0.123. The van der Waals surface area contributed by atoms with Crippen molar-refractivity contribution in [3.05, 3.63) is 59.7 Å². The number of amides is 6. The summed E-state index contributed by atoms with van der Waals surface area (Å²) in [5.41, 5.74) is 3.89. The predicted octanol–water partition coefficient (Wildman–Crippen LogP) is 5.72. The number of rotatable bonds is 20. The molecule has 6 amide bonds. The Hall–Kier alpha value is -4.46. The van der Waals surface area contributed by atoms with Crippen molar-refractivity contribution in [2.24, 2.45) is 0 Å². The smallest absolute Gasteiger partial charge is 0.407 e. The van der Waals surface area contributed by atoms with Gasteiger partial charge in [0.05, 0.1) is 12.1 Å². The normalized spacial score (nSPS) is 18.9. The second kappa shape index (κ2) is 20.5. The van der Waals surface area contributed by atoms with E-state index in [-0.39, 0.29) is 42.5 Å². The van der Waals surface area contributed by atoms with Crippen LogP contribution in [0, 0.1) is 0 Å². The van der Waals surface area contributed by atoms with Gasteiger partial charge in [-0.25, -0.2) is 14.4 Å². The maximum Gasteiger partial charge on any atom is 0.407 e. The number of nitrogens with one attached hydrogen (secondary N) is 6. The summed E-state index contributed by atoms with van der Waals surface area (Å²) in [6, 6.07) is 15.8. The zero-order chi connectivity index (χ0) is 39.2. The summed E-state index contributed by atoms with van der Waals surface area (Å²) in [6.45, 7) is 6.94. The van der Waals surface area contributed by atoms with Crippen molar-refractivity contribution in [1.29, 1.82) is 0 Å². The number of carbonyl (C=O) groups excluding carboxylic acids is 5. The molecule has 2 fully saturated rings. The van der Waals surface area contributed by atoms with E-state index in [0.29, 0.717) is 50.6 Å². The van der Waals surface area contributed by atoms with Crippen molar-refractivity contribution in [1.82, 2.24) is 31.9 Å². The lowest BCUT2D eigenvalue weighted by Gasteiger charge is -2.21. The van der Waals surface area contributed by atoms with Crippen molar-refractivity contribution in [2.75, 3.05) is 32.0 Å². The second-order valence-electron chi connectivity index (χ2n) is 15.5. The summed E-state index contributed by atoms with van der Waals surface area (Å²) >= 11 is 1.89. The Balaban J connectivity index is 0.990. The van der Waals surface area contributed by atoms with Gasteiger partial charge in [0.25, 0.3) is 0 Å². The molecule has 14 heteroatoms. The molecule has 2 heterocycles. The van der Waals surface area contributed by atoms with Gasteiger partial charge in [-0.1, -0.05) is 55.0 Å². The molecule has 2 aromatic carbocycles. The second-order valence-corrected chi connectivity index (χ2v) is 16.8. The first-order valence-corrected chi connectivity index (χ1v) is 20.8. The first-order valence-electron chi connectivity index (χ1n) is 19.8. The zero-order valence-corrected chi connectivity index (χ0v) is 33.2. The summed E-state index contributed by atoms with van der Waals surface area (Å²) in [5.74, 6) is 0.595. The Morgan fingerprint density at radius 2 is 1.45 bits per heavy atom. The highest BCUT2D eigenvalue weighted by Gasteiger charge is 2.42. The summed E-state index contributed by atoms with van der Waals surface area (Å²) < 4.78 is 11.0. The van der Waals surface area contributed by atoms with Gasteiger partial charge in [-0.15, -0.1) is 0 Å². The van der Waals surface area contributed by atoms with Gasteiger partial charge in [0, 0.05) is 43.0 Å². The van der Waals surface area contributed by atoms with Gasteiger partial charge in [0.2, 0.25) is 11.8 Å². The minimum Gasteiger partial charge on any atom is -0.449 e. The number of ether oxygens (including phenoxy) is 2. The van der Waals surface area contributed by atoms with E-state index in [1.54, 1.807) is 20.8 Å². The molecule has 13 nitrogen and oxygen atoms in total. The van der Waals surface area contributed by atoms with Gasteiger partial charge in [0.15, 0.2) is 0 Å². The molecule has 0 bridgehead atoms. The van der Waals surface area contributed by atoms with Crippen LogP contribution in [0.4, 0.5) is 14.4 Å².